The molecule has 0 saturated heterocycles. The van der Waals surface area contributed by atoms with Crippen LogP contribution in [0.5, 0.6) is 0 Å². The lowest BCUT2D eigenvalue weighted by atomic mass is 10.0. The van der Waals surface area contributed by atoms with Gasteiger partial charge in [0, 0.05) is 0 Å². The van der Waals surface area contributed by atoms with E-state index in [9.17, 15) is 17.6 Å². The fourth-order valence-corrected chi connectivity index (χ4v) is 1.12. The average molecular weight is 236 g/mol. The lowest BCUT2D eigenvalue weighted by Gasteiger charge is -2.10. The van der Waals surface area contributed by atoms with Crippen LogP contribution in [-0.2, 0) is 6.18 Å². The molecule has 92 valence electrons. The standard InChI is InChI=1S/C10H10F4.C2H6/c1-6(2)7-3-4-8(9(11)5-7)10(12,13)14;1-2/h3-6H,1-2H3;1-2H3. The molecule has 0 atom stereocenters. The Bertz CT molecular complexity index is 326. The van der Waals surface area contributed by atoms with Gasteiger partial charge in [-0.05, 0) is 23.6 Å². The minimum Gasteiger partial charge on any atom is -0.206 e. The maximum atomic E-state index is 13.0. The number of hydrogen-bond donors (Lipinski definition) is 0. The molecule has 0 aliphatic rings. The highest BCUT2D eigenvalue weighted by atomic mass is 19.4. The lowest BCUT2D eigenvalue weighted by molar-refractivity contribution is -0.140. The fourth-order valence-electron chi connectivity index (χ4n) is 1.12. The summed E-state index contributed by atoms with van der Waals surface area (Å²) >= 11 is 0. The first-order valence-electron chi connectivity index (χ1n) is 5.19. The highest BCUT2D eigenvalue weighted by Crippen LogP contribution is 2.32. The normalized spacial score (nSPS) is 11.1. The fraction of sp³-hybridized carbons (Fsp3) is 0.500. The van der Waals surface area contributed by atoms with Crippen molar-refractivity contribution in [2.75, 3.05) is 0 Å². The van der Waals surface area contributed by atoms with Crippen molar-refractivity contribution in [2.45, 2.75) is 39.8 Å². The molecule has 1 aromatic carbocycles. The molecule has 0 saturated carbocycles. The molecule has 0 radical (unpaired) electrons. The SMILES string of the molecule is CC.CC(C)c1ccc(C(F)(F)F)c(F)c1. The Morgan fingerprint density at radius 1 is 1.06 bits per heavy atom. The molecule has 1 rings (SSSR count). The molecule has 0 N–H and O–H groups in total. The van der Waals surface area contributed by atoms with E-state index in [-0.39, 0.29) is 5.92 Å². The van der Waals surface area contributed by atoms with Gasteiger partial charge >= 0.3 is 6.18 Å². The van der Waals surface area contributed by atoms with Crippen molar-refractivity contribution in [3.8, 4) is 0 Å². The van der Waals surface area contributed by atoms with Crippen molar-refractivity contribution >= 4 is 0 Å². The Kier molecular flexibility index (Phi) is 5.48. The van der Waals surface area contributed by atoms with Crippen LogP contribution >= 0.6 is 0 Å². The Hall–Kier alpha value is -1.06. The second kappa shape index (κ2) is 5.87. The van der Waals surface area contributed by atoms with E-state index in [0.29, 0.717) is 5.56 Å². The van der Waals surface area contributed by atoms with Gasteiger partial charge in [0.1, 0.15) is 5.82 Å². The van der Waals surface area contributed by atoms with Crippen molar-refractivity contribution in [3.05, 3.63) is 35.1 Å². The third-order valence-corrected chi connectivity index (χ3v) is 1.97. The minimum absolute atomic E-state index is 0.0202. The van der Waals surface area contributed by atoms with Gasteiger partial charge in [-0.15, -0.1) is 0 Å². The van der Waals surface area contributed by atoms with Gasteiger partial charge in [-0.2, -0.15) is 13.2 Å². The van der Waals surface area contributed by atoms with Crippen LogP contribution < -0.4 is 0 Å². The minimum atomic E-state index is -4.61. The molecular formula is C12H16F4. The smallest absolute Gasteiger partial charge is 0.206 e. The molecule has 0 spiro atoms. The third kappa shape index (κ3) is 3.83. The second-order valence-corrected chi connectivity index (χ2v) is 3.39. The Morgan fingerprint density at radius 2 is 1.56 bits per heavy atom. The van der Waals surface area contributed by atoms with Crippen molar-refractivity contribution in [1.82, 2.24) is 0 Å². The maximum absolute atomic E-state index is 13.0. The van der Waals surface area contributed by atoms with Gasteiger partial charge in [0.15, 0.2) is 0 Å². The van der Waals surface area contributed by atoms with E-state index >= 15 is 0 Å². The van der Waals surface area contributed by atoms with Crippen LogP contribution in [0, 0.1) is 5.82 Å². The highest BCUT2D eigenvalue weighted by molar-refractivity contribution is 5.28. The topological polar surface area (TPSA) is 0 Å². The maximum Gasteiger partial charge on any atom is 0.419 e. The zero-order valence-corrected chi connectivity index (χ0v) is 9.82. The van der Waals surface area contributed by atoms with E-state index in [0.717, 1.165) is 12.1 Å². The van der Waals surface area contributed by atoms with Gasteiger partial charge in [0.05, 0.1) is 5.56 Å². The first-order valence-corrected chi connectivity index (χ1v) is 5.19. The average Bonchev–Trinajstić information content (AvgIpc) is 2.18. The summed E-state index contributed by atoms with van der Waals surface area (Å²) in [6, 6.07) is 3.02. The van der Waals surface area contributed by atoms with Crippen molar-refractivity contribution < 1.29 is 17.6 Å². The number of hydrogen-bond acceptors (Lipinski definition) is 0. The van der Waals surface area contributed by atoms with Crippen LogP contribution in [0.1, 0.15) is 44.7 Å². The Labute approximate surface area is 93.3 Å². The number of alkyl halides is 3. The van der Waals surface area contributed by atoms with E-state index < -0.39 is 17.6 Å². The third-order valence-electron chi connectivity index (χ3n) is 1.97. The Morgan fingerprint density at radius 3 is 1.88 bits per heavy atom. The molecule has 16 heavy (non-hydrogen) atoms. The van der Waals surface area contributed by atoms with Crippen LogP contribution in [0.15, 0.2) is 18.2 Å². The summed E-state index contributed by atoms with van der Waals surface area (Å²) in [5, 5.41) is 0. The van der Waals surface area contributed by atoms with Crippen LogP contribution in [0.25, 0.3) is 0 Å². The largest absolute Gasteiger partial charge is 0.419 e. The zero-order chi connectivity index (χ0) is 12.9. The molecule has 0 bridgehead atoms. The summed E-state index contributed by atoms with van der Waals surface area (Å²) in [4.78, 5) is 0. The van der Waals surface area contributed by atoms with Gasteiger partial charge in [-0.1, -0.05) is 33.8 Å². The van der Waals surface area contributed by atoms with Crippen molar-refractivity contribution in [2.24, 2.45) is 0 Å². The zero-order valence-electron chi connectivity index (χ0n) is 9.82. The Balaban J connectivity index is 0.00000106. The van der Waals surface area contributed by atoms with Crippen LogP contribution in [-0.4, -0.2) is 0 Å². The molecule has 0 heterocycles. The van der Waals surface area contributed by atoms with E-state index in [1.54, 1.807) is 13.8 Å². The molecule has 0 amide bonds. The molecule has 0 unspecified atom stereocenters. The summed E-state index contributed by atoms with van der Waals surface area (Å²) in [7, 11) is 0. The summed E-state index contributed by atoms with van der Waals surface area (Å²) in [5.41, 5.74) is -0.641. The molecule has 4 heteroatoms. The van der Waals surface area contributed by atoms with Gasteiger partial charge in [0.25, 0.3) is 0 Å². The molecule has 0 nitrogen and oxygen atoms in total. The van der Waals surface area contributed by atoms with E-state index in [1.807, 2.05) is 13.8 Å². The number of benzene rings is 1. The van der Waals surface area contributed by atoms with Gasteiger partial charge < -0.3 is 0 Å². The van der Waals surface area contributed by atoms with Gasteiger partial charge in [-0.3, -0.25) is 0 Å². The molecule has 0 fully saturated rings. The summed E-state index contributed by atoms with van der Waals surface area (Å²) in [6.45, 7) is 7.59. The molecule has 1 aromatic rings. The first-order chi connectivity index (χ1) is 7.32. The second-order valence-electron chi connectivity index (χ2n) is 3.39. The van der Waals surface area contributed by atoms with Crippen molar-refractivity contribution in [3.63, 3.8) is 0 Å². The predicted molar refractivity (Wildman–Crippen MR) is 56.8 cm³/mol. The van der Waals surface area contributed by atoms with Crippen LogP contribution in [0.3, 0.4) is 0 Å². The first kappa shape index (κ1) is 14.9. The van der Waals surface area contributed by atoms with E-state index in [2.05, 4.69) is 0 Å². The van der Waals surface area contributed by atoms with Gasteiger partial charge in [0.2, 0.25) is 0 Å². The quantitative estimate of drug-likeness (QED) is 0.602. The van der Waals surface area contributed by atoms with Crippen LogP contribution in [0.4, 0.5) is 17.6 Å². The monoisotopic (exact) mass is 236 g/mol. The number of rotatable bonds is 1. The molecule has 0 aliphatic carbocycles. The van der Waals surface area contributed by atoms with Gasteiger partial charge in [-0.25, -0.2) is 4.39 Å². The lowest BCUT2D eigenvalue weighted by Crippen LogP contribution is -2.08. The molecule has 0 aliphatic heterocycles. The summed E-state index contributed by atoms with van der Waals surface area (Å²) in [5.74, 6) is -1.18. The predicted octanol–water partition coefficient (Wildman–Crippen LogP) is 4.99. The van der Waals surface area contributed by atoms with E-state index in [4.69, 9.17) is 0 Å². The highest BCUT2D eigenvalue weighted by Gasteiger charge is 2.33. The van der Waals surface area contributed by atoms with Crippen molar-refractivity contribution in [1.29, 1.82) is 0 Å². The summed E-state index contributed by atoms with van der Waals surface area (Å²) in [6.07, 6.45) is -4.61. The summed E-state index contributed by atoms with van der Waals surface area (Å²) < 4.78 is 49.4. The van der Waals surface area contributed by atoms with E-state index in [1.165, 1.54) is 6.07 Å². The molecule has 0 aromatic heterocycles. The molecular weight excluding hydrogens is 220 g/mol. The van der Waals surface area contributed by atoms with Crippen LogP contribution in [0.2, 0.25) is 0 Å². The number of halogens is 4.